The van der Waals surface area contributed by atoms with Crippen molar-refractivity contribution >= 4 is 27.5 Å². The summed E-state index contributed by atoms with van der Waals surface area (Å²) in [5.74, 6) is 0. The van der Waals surface area contributed by atoms with Crippen molar-refractivity contribution in [2.45, 2.75) is 43.1 Å². The van der Waals surface area contributed by atoms with Crippen LogP contribution in [0.25, 0.3) is 0 Å². The van der Waals surface area contributed by atoms with Crippen LogP contribution in [0.15, 0.2) is 17.0 Å². The highest BCUT2D eigenvalue weighted by atomic mass is 32.2. The predicted octanol–water partition coefficient (Wildman–Crippen LogP) is 2.40. The molecule has 1 aliphatic rings. The molecule has 1 heterocycles. The normalized spacial score (nSPS) is 24.8. The van der Waals surface area contributed by atoms with Crippen LogP contribution in [0.3, 0.4) is 0 Å². The maximum atomic E-state index is 12.8. The fourth-order valence-corrected chi connectivity index (χ4v) is 5.82. The van der Waals surface area contributed by atoms with Crippen molar-refractivity contribution in [3.63, 3.8) is 0 Å². The van der Waals surface area contributed by atoms with Crippen molar-refractivity contribution in [2.75, 3.05) is 18.8 Å². The summed E-state index contributed by atoms with van der Waals surface area (Å²) >= 11 is 1.83. The van der Waals surface area contributed by atoms with Crippen molar-refractivity contribution in [3.05, 3.63) is 23.3 Å². The molecule has 0 amide bonds. The molecule has 6 heteroatoms. The van der Waals surface area contributed by atoms with Crippen LogP contribution >= 0.6 is 11.8 Å². The molecule has 2 rings (SSSR count). The summed E-state index contributed by atoms with van der Waals surface area (Å²) in [6, 6.07) is 3.44. The number of nitrogens with two attached hydrogens (primary N) is 1. The second-order valence-corrected chi connectivity index (χ2v) is 9.34. The van der Waals surface area contributed by atoms with Gasteiger partial charge in [0.25, 0.3) is 0 Å². The Hall–Kier alpha value is -0.720. The number of nitrogens with zero attached hydrogens (tertiary/aromatic N) is 1. The van der Waals surface area contributed by atoms with E-state index in [1.54, 1.807) is 16.4 Å². The molecule has 0 aromatic heterocycles. The number of thioether (sulfide) groups is 1. The number of hydrogen-bond donors (Lipinski definition) is 1. The molecular formula is C14H22N2O2S2. The molecule has 20 heavy (non-hydrogen) atoms. The molecule has 0 aliphatic carbocycles. The first-order chi connectivity index (χ1) is 9.21. The van der Waals surface area contributed by atoms with Crippen LogP contribution in [0.4, 0.5) is 5.69 Å². The van der Waals surface area contributed by atoms with Gasteiger partial charge in [-0.1, -0.05) is 13.8 Å². The van der Waals surface area contributed by atoms with Gasteiger partial charge in [-0.05, 0) is 37.1 Å². The van der Waals surface area contributed by atoms with E-state index in [1.165, 1.54) is 0 Å². The smallest absolute Gasteiger partial charge is 0.245 e. The van der Waals surface area contributed by atoms with Gasteiger partial charge in [0, 0.05) is 23.6 Å². The van der Waals surface area contributed by atoms with Crippen LogP contribution in [-0.4, -0.2) is 36.3 Å². The first kappa shape index (κ1) is 15.7. The molecule has 0 spiro atoms. The number of sulfonamides is 1. The summed E-state index contributed by atoms with van der Waals surface area (Å²) < 4.78 is 27.2. The minimum absolute atomic E-state index is 0.243. The number of anilines is 1. The van der Waals surface area contributed by atoms with Gasteiger partial charge in [-0.3, -0.25) is 0 Å². The standard InChI is InChI=1S/C14H22N2O2S2/c1-9-5-13(15)14(6-10(9)2)20(17,18)16-7-11(3)19-12(4)8-16/h5-6,11-12H,7-8,15H2,1-4H3. The lowest BCUT2D eigenvalue weighted by atomic mass is 10.1. The van der Waals surface area contributed by atoms with Gasteiger partial charge in [-0.25, -0.2) is 8.42 Å². The van der Waals surface area contributed by atoms with Crippen LogP contribution < -0.4 is 5.73 Å². The van der Waals surface area contributed by atoms with E-state index in [2.05, 4.69) is 13.8 Å². The number of hydrogen-bond acceptors (Lipinski definition) is 4. The van der Waals surface area contributed by atoms with Crippen LogP contribution in [0.2, 0.25) is 0 Å². The lowest BCUT2D eigenvalue weighted by Crippen LogP contribution is -2.44. The van der Waals surface area contributed by atoms with E-state index in [0.29, 0.717) is 29.3 Å². The first-order valence-electron chi connectivity index (χ1n) is 6.74. The van der Waals surface area contributed by atoms with Gasteiger partial charge in [0.15, 0.2) is 0 Å². The van der Waals surface area contributed by atoms with Gasteiger partial charge in [0.1, 0.15) is 4.90 Å². The Balaban J connectivity index is 2.42. The Morgan fingerprint density at radius 3 is 2.20 bits per heavy atom. The Labute approximate surface area is 125 Å². The van der Waals surface area contributed by atoms with Crippen LogP contribution in [0.1, 0.15) is 25.0 Å². The van der Waals surface area contributed by atoms with Crippen molar-refractivity contribution in [2.24, 2.45) is 0 Å². The average molecular weight is 314 g/mol. The Bertz CT molecular complexity index is 604. The van der Waals surface area contributed by atoms with E-state index >= 15 is 0 Å². The Morgan fingerprint density at radius 2 is 1.65 bits per heavy atom. The van der Waals surface area contributed by atoms with Crippen molar-refractivity contribution in [1.82, 2.24) is 4.31 Å². The van der Waals surface area contributed by atoms with Crippen molar-refractivity contribution in [1.29, 1.82) is 0 Å². The second-order valence-electron chi connectivity index (χ2n) is 5.55. The quantitative estimate of drug-likeness (QED) is 0.852. The van der Waals surface area contributed by atoms with Crippen LogP contribution in [0.5, 0.6) is 0 Å². The minimum Gasteiger partial charge on any atom is -0.398 e. The number of aryl methyl sites for hydroxylation is 2. The van der Waals surface area contributed by atoms with E-state index in [9.17, 15) is 8.42 Å². The summed E-state index contributed by atoms with van der Waals surface area (Å²) in [5.41, 5.74) is 8.24. The predicted molar refractivity (Wildman–Crippen MR) is 85.6 cm³/mol. The molecule has 2 unspecified atom stereocenters. The van der Waals surface area contributed by atoms with Crippen molar-refractivity contribution in [3.8, 4) is 0 Å². The zero-order valence-corrected chi connectivity index (χ0v) is 14.0. The van der Waals surface area contributed by atoms with E-state index in [1.807, 2.05) is 25.6 Å². The fourth-order valence-electron chi connectivity index (χ4n) is 2.50. The maximum Gasteiger partial charge on any atom is 0.245 e. The molecule has 1 fully saturated rings. The summed E-state index contributed by atoms with van der Waals surface area (Å²) in [6.45, 7) is 9.06. The third-order valence-electron chi connectivity index (χ3n) is 3.63. The lowest BCUT2D eigenvalue weighted by Gasteiger charge is -2.34. The molecule has 4 nitrogen and oxygen atoms in total. The topological polar surface area (TPSA) is 63.4 Å². The summed E-state index contributed by atoms with van der Waals surface area (Å²) in [6.07, 6.45) is 0. The highest BCUT2D eigenvalue weighted by Gasteiger charge is 2.33. The molecule has 112 valence electrons. The molecule has 2 atom stereocenters. The molecule has 1 saturated heterocycles. The van der Waals surface area contributed by atoms with Gasteiger partial charge in [-0.2, -0.15) is 16.1 Å². The zero-order chi connectivity index (χ0) is 15.1. The van der Waals surface area contributed by atoms with E-state index in [4.69, 9.17) is 5.73 Å². The van der Waals surface area contributed by atoms with Gasteiger partial charge in [0.2, 0.25) is 10.0 Å². The monoisotopic (exact) mass is 314 g/mol. The Kier molecular flexibility index (Phi) is 4.37. The third kappa shape index (κ3) is 2.97. The van der Waals surface area contributed by atoms with E-state index < -0.39 is 10.0 Å². The number of rotatable bonds is 2. The molecule has 0 saturated carbocycles. The van der Waals surface area contributed by atoms with Crippen molar-refractivity contribution < 1.29 is 8.42 Å². The fraction of sp³-hybridized carbons (Fsp3) is 0.571. The highest BCUT2D eigenvalue weighted by Crippen LogP contribution is 2.31. The SMILES string of the molecule is Cc1cc(N)c(S(=O)(=O)N2CC(C)SC(C)C2)cc1C. The molecule has 1 aliphatic heterocycles. The van der Waals surface area contributed by atoms with Crippen LogP contribution in [-0.2, 0) is 10.0 Å². The molecule has 1 aromatic rings. The van der Waals surface area contributed by atoms with E-state index in [0.717, 1.165) is 11.1 Å². The lowest BCUT2D eigenvalue weighted by molar-refractivity contribution is 0.405. The van der Waals surface area contributed by atoms with Gasteiger partial charge in [-0.15, -0.1) is 0 Å². The van der Waals surface area contributed by atoms with Gasteiger partial charge in [0.05, 0.1) is 5.69 Å². The van der Waals surface area contributed by atoms with Gasteiger partial charge < -0.3 is 5.73 Å². The summed E-state index contributed by atoms with van der Waals surface area (Å²) in [5, 5.41) is 0.614. The number of nitrogen functional groups attached to an aromatic ring is 1. The second kappa shape index (κ2) is 5.58. The molecule has 2 N–H and O–H groups in total. The molecule has 0 radical (unpaired) electrons. The summed E-state index contributed by atoms with van der Waals surface area (Å²) in [7, 11) is -3.50. The molecular weight excluding hydrogens is 292 g/mol. The number of benzene rings is 1. The minimum atomic E-state index is -3.50. The average Bonchev–Trinajstić information content (AvgIpc) is 2.32. The molecule has 1 aromatic carbocycles. The third-order valence-corrected chi connectivity index (χ3v) is 6.74. The Morgan fingerprint density at radius 1 is 1.15 bits per heavy atom. The summed E-state index contributed by atoms with van der Waals surface area (Å²) in [4.78, 5) is 0.243. The van der Waals surface area contributed by atoms with Gasteiger partial charge >= 0.3 is 0 Å². The van der Waals surface area contributed by atoms with Crippen LogP contribution in [0, 0.1) is 13.8 Å². The highest BCUT2D eigenvalue weighted by molar-refractivity contribution is 8.00. The zero-order valence-electron chi connectivity index (χ0n) is 12.4. The molecule has 0 bridgehead atoms. The first-order valence-corrected chi connectivity index (χ1v) is 9.12. The van der Waals surface area contributed by atoms with E-state index in [-0.39, 0.29) is 4.90 Å². The maximum absolute atomic E-state index is 12.8. The largest absolute Gasteiger partial charge is 0.398 e.